The highest BCUT2D eigenvalue weighted by Crippen LogP contribution is 2.34. The number of aromatic nitrogens is 4. The molecule has 282 valence electrons. The number of carbonyl (C=O) groups excluding carboxylic acids is 2. The molecule has 0 spiro atoms. The fraction of sp³-hybridized carbons (Fsp3) is 0.629. The fourth-order valence-electron chi connectivity index (χ4n) is 7.97. The van der Waals surface area contributed by atoms with E-state index in [-0.39, 0.29) is 24.3 Å². The summed E-state index contributed by atoms with van der Waals surface area (Å²) in [6.45, 7) is 6.51. The van der Waals surface area contributed by atoms with Crippen LogP contribution in [-0.2, 0) is 29.2 Å². The zero-order valence-electron chi connectivity index (χ0n) is 29.5. The Hall–Kier alpha value is -3.67. The Kier molecular flexibility index (Phi) is 11.1. The highest BCUT2D eigenvalue weighted by molar-refractivity contribution is 7.80. The maximum Gasteiger partial charge on any atom is 0.419 e. The van der Waals surface area contributed by atoms with Gasteiger partial charge in [-0.25, -0.2) is 27.6 Å². The van der Waals surface area contributed by atoms with Gasteiger partial charge in [0.15, 0.2) is 17.0 Å². The molecule has 0 aliphatic carbocycles. The minimum Gasteiger partial charge on any atom is -0.351 e. The van der Waals surface area contributed by atoms with Gasteiger partial charge in [-0.05, 0) is 101 Å². The molecule has 2 N–H and O–H groups in total. The van der Waals surface area contributed by atoms with Gasteiger partial charge in [0.2, 0.25) is 11.9 Å². The SMILES string of the molecule is Cn1nc(N2CCC(=O)NC2=O)c2ccc(C3CCN(CCCC4CCN(S(=O)N5CCC(Nc6ncc(C(F)(F)F)cn6)CC5)CC4)CC3)cc21. The summed E-state index contributed by atoms with van der Waals surface area (Å²) in [5, 5.41) is 11.0. The first-order chi connectivity index (χ1) is 25.0. The van der Waals surface area contributed by atoms with Gasteiger partial charge in [0.25, 0.3) is 0 Å². The second-order valence-corrected chi connectivity index (χ2v) is 16.0. The molecule has 3 aromatic rings. The zero-order chi connectivity index (χ0) is 36.4. The second-order valence-electron chi connectivity index (χ2n) is 14.5. The first-order valence-corrected chi connectivity index (χ1v) is 19.5. The number of hydrogen-bond donors (Lipinski definition) is 2. The van der Waals surface area contributed by atoms with Crippen LogP contribution in [-0.4, -0.2) is 108 Å². The summed E-state index contributed by atoms with van der Waals surface area (Å²) < 4.78 is 57.6. The van der Waals surface area contributed by atoms with Gasteiger partial charge in [-0.1, -0.05) is 6.07 Å². The Bertz CT molecular complexity index is 1750. The summed E-state index contributed by atoms with van der Waals surface area (Å²) in [6.07, 6.45) is 5.49. The number of imide groups is 1. The largest absolute Gasteiger partial charge is 0.419 e. The van der Waals surface area contributed by atoms with Crippen LogP contribution in [0.5, 0.6) is 0 Å². The van der Waals surface area contributed by atoms with E-state index in [1.807, 2.05) is 16.0 Å². The third kappa shape index (κ3) is 8.42. The van der Waals surface area contributed by atoms with Crippen molar-refractivity contribution in [1.82, 2.24) is 38.6 Å². The highest BCUT2D eigenvalue weighted by atomic mass is 32.2. The van der Waals surface area contributed by atoms with Crippen LogP contribution in [0.3, 0.4) is 0 Å². The molecule has 17 heteroatoms. The number of likely N-dealkylation sites (tertiary alicyclic amines) is 1. The minimum absolute atomic E-state index is 0.0261. The maximum absolute atomic E-state index is 13.3. The number of anilines is 2. The number of benzene rings is 1. The lowest BCUT2D eigenvalue weighted by atomic mass is 9.88. The van der Waals surface area contributed by atoms with Crippen LogP contribution in [0.4, 0.5) is 29.7 Å². The molecule has 1 unspecified atom stereocenters. The minimum atomic E-state index is -4.46. The standard InChI is InChI=1S/C35H47F3N10O3S/c1-44-30-21-26(4-5-29(30)32(43-44)48-20-12-31(49)42-34(48)50)25-8-14-45(15-9-25)13-2-3-24-6-16-46(17-7-24)52(51)47-18-10-28(11-19-47)41-33-39-22-27(23-40-33)35(36,37)38/h4-5,21-25,28H,2-3,6-20H2,1H3,(H,39,40,41)(H,42,49,50). The Morgan fingerprint density at radius 2 is 1.60 bits per heavy atom. The Balaban J connectivity index is 0.793. The van der Waals surface area contributed by atoms with E-state index in [0.717, 1.165) is 94.5 Å². The molecule has 4 aliphatic heterocycles. The van der Waals surface area contributed by atoms with Crippen LogP contribution in [0.2, 0.25) is 0 Å². The number of halogens is 3. The molecule has 2 aromatic heterocycles. The third-order valence-electron chi connectivity index (χ3n) is 11.1. The molecule has 0 saturated carbocycles. The molecular weight excluding hydrogens is 698 g/mol. The van der Waals surface area contributed by atoms with Gasteiger partial charge in [-0.15, -0.1) is 0 Å². The molecule has 4 fully saturated rings. The number of urea groups is 1. The summed E-state index contributed by atoms with van der Waals surface area (Å²) in [4.78, 5) is 35.8. The van der Waals surface area contributed by atoms with Gasteiger partial charge in [0.05, 0.1) is 11.1 Å². The average molecular weight is 745 g/mol. The van der Waals surface area contributed by atoms with Gasteiger partial charge in [-0.2, -0.15) is 18.3 Å². The number of fused-ring (bicyclic) bond motifs is 1. The number of alkyl halides is 3. The Morgan fingerprint density at radius 3 is 2.25 bits per heavy atom. The molecule has 13 nitrogen and oxygen atoms in total. The summed E-state index contributed by atoms with van der Waals surface area (Å²) in [5.74, 6) is 1.65. The lowest BCUT2D eigenvalue weighted by molar-refractivity contribution is -0.138. The Morgan fingerprint density at radius 1 is 0.923 bits per heavy atom. The lowest BCUT2D eigenvalue weighted by Crippen LogP contribution is -2.49. The fourth-order valence-corrected chi connectivity index (χ4v) is 9.35. The highest BCUT2D eigenvalue weighted by Gasteiger charge is 2.33. The number of aryl methyl sites for hydroxylation is 1. The van der Waals surface area contributed by atoms with E-state index in [1.165, 1.54) is 18.4 Å². The number of rotatable bonds is 10. The van der Waals surface area contributed by atoms with Crippen LogP contribution in [0, 0.1) is 5.92 Å². The zero-order valence-corrected chi connectivity index (χ0v) is 30.3. The van der Waals surface area contributed by atoms with Crippen molar-refractivity contribution in [2.45, 2.75) is 75.9 Å². The van der Waals surface area contributed by atoms with Crippen molar-refractivity contribution in [2.75, 3.05) is 62.6 Å². The van der Waals surface area contributed by atoms with Gasteiger partial charge in [0.1, 0.15) is 0 Å². The molecular formula is C35H47F3N10O3S. The lowest BCUT2D eigenvalue weighted by Gasteiger charge is -2.37. The third-order valence-corrected chi connectivity index (χ3v) is 12.7. The number of carbonyl (C=O) groups is 2. The molecule has 1 atom stereocenters. The predicted molar refractivity (Wildman–Crippen MR) is 192 cm³/mol. The van der Waals surface area contributed by atoms with Gasteiger partial charge in [-0.3, -0.25) is 19.7 Å². The quantitative estimate of drug-likeness (QED) is 0.307. The number of amides is 3. The van der Waals surface area contributed by atoms with Crippen LogP contribution in [0.25, 0.3) is 10.9 Å². The van der Waals surface area contributed by atoms with Crippen molar-refractivity contribution in [3.8, 4) is 0 Å². The molecule has 0 bridgehead atoms. The summed E-state index contributed by atoms with van der Waals surface area (Å²) in [7, 11) is 1.89. The van der Waals surface area contributed by atoms with Crippen molar-refractivity contribution in [3.63, 3.8) is 0 Å². The first kappa shape index (κ1) is 36.7. The van der Waals surface area contributed by atoms with Crippen molar-refractivity contribution in [3.05, 3.63) is 41.7 Å². The molecule has 6 heterocycles. The van der Waals surface area contributed by atoms with E-state index in [4.69, 9.17) is 0 Å². The van der Waals surface area contributed by atoms with Crippen LogP contribution >= 0.6 is 0 Å². The van der Waals surface area contributed by atoms with E-state index in [2.05, 4.69) is 53.1 Å². The van der Waals surface area contributed by atoms with E-state index in [9.17, 15) is 27.0 Å². The molecule has 1 aromatic carbocycles. The van der Waals surface area contributed by atoms with E-state index < -0.39 is 28.9 Å². The number of nitrogens with zero attached hydrogens (tertiary/aromatic N) is 8. The summed E-state index contributed by atoms with van der Waals surface area (Å²) >= 11 is -1.18. The normalized spacial score (nSPS) is 21.9. The van der Waals surface area contributed by atoms with Crippen molar-refractivity contribution in [2.24, 2.45) is 13.0 Å². The molecule has 4 aliphatic rings. The topological polar surface area (TPSA) is 132 Å². The second kappa shape index (κ2) is 15.7. The first-order valence-electron chi connectivity index (χ1n) is 18.4. The molecule has 7 rings (SSSR count). The van der Waals surface area contributed by atoms with Crippen molar-refractivity contribution in [1.29, 1.82) is 0 Å². The average Bonchev–Trinajstić information content (AvgIpc) is 3.47. The molecule has 4 saturated heterocycles. The van der Waals surface area contributed by atoms with E-state index >= 15 is 0 Å². The predicted octanol–water partition coefficient (Wildman–Crippen LogP) is 4.66. The van der Waals surface area contributed by atoms with Gasteiger partial charge < -0.3 is 10.2 Å². The Labute approximate surface area is 304 Å². The van der Waals surface area contributed by atoms with Gasteiger partial charge in [0, 0.05) is 70.0 Å². The van der Waals surface area contributed by atoms with E-state index in [1.54, 1.807) is 4.90 Å². The molecule has 52 heavy (non-hydrogen) atoms. The number of hydrogen-bond acceptors (Lipinski definition) is 8. The molecule has 3 amide bonds. The van der Waals surface area contributed by atoms with E-state index in [0.29, 0.717) is 37.3 Å². The van der Waals surface area contributed by atoms with Gasteiger partial charge >= 0.3 is 12.2 Å². The maximum atomic E-state index is 13.3. The molecule has 0 radical (unpaired) electrons. The summed E-state index contributed by atoms with van der Waals surface area (Å²) in [6, 6.07) is 6.05. The summed E-state index contributed by atoms with van der Waals surface area (Å²) in [5.41, 5.74) is 1.42. The number of nitrogens with one attached hydrogen (secondary N) is 2. The van der Waals surface area contributed by atoms with Crippen LogP contribution in [0.1, 0.15) is 74.8 Å². The van der Waals surface area contributed by atoms with Crippen LogP contribution in [0.15, 0.2) is 30.6 Å². The monoisotopic (exact) mass is 744 g/mol. The number of piperidine rings is 3. The smallest absolute Gasteiger partial charge is 0.351 e. The van der Waals surface area contributed by atoms with Crippen molar-refractivity contribution >= 4 is 45.8 Å². The van der Waals surface area contributed by atoms with Crippen LogP contribution < -0.4 is 15.5 Å². The van der Waals surface area contributed by atoms with Crippen molar-refractivity contribution < 1.29 is 27.0 Å².